The molecule has 39 heavy (non-hydrogen) atoms. The van der Waals surface area contributed by atoms with Crippen LogP contribution in [-0.4, -0.2) is 53.6 Å². The van der Waals surface area contributed by atoms with Gasteiger partial charge in [0.25, 0.3) is 11.8 Å². The Bertz CT molecular complexity index is 1220. The highest BCUT2D eigenvalue weighted by Crippen LogP contribution is 2.25. The second-order valence-electron chi connectivity index (χ2n) is 9.55. The molecule has 6 nitrogen and oxygen atoms in total. The van der Waals surface area contributed by atoms with Crippen molar-refractivity contribution in [3.63, 3.8) is 0 Å². The number of carbonyl (C=O) groups is 2. The number of nitrogens with zero attached hydrogens (tertiary/aromatic N) is 1. The first-order valence-electron chi connectivity index (χ1n) is 13.4. The van der Waals surface area contributed by atoms with Crippen LogP contribution in [-0.2, 0) is 13.0 Å². The van der Waals surface area contributed by atoms with E-state index in [1.165, 1.54) is 0 Å². The van der Waals surface area contributed by atoms with Gasteiger partial charge in [0.05, 0.1) is 22.2 Å². The molecular weight excluding hydrogens is 533 g/mol. The van der Waals surface area contributed by atoms with Crippen molar-refractivity contribution in [3.05, 3.63) is 105 Å². The molecule has 3 N–H and O–H groups in total. The van der Waals surface area contributed by atoms with E-state index in [0.29, 0.717) is 47.2 Å². The molecule has 0 unspecified atom stereocenters. The van der Waals surface area contributed by atoms with Gasteiger partial charge in [0.15, 0.2) is 0 Å². The summed E-state index contributed by atoms with van der Waals surface area (Å²) in [6.07, 6.45) is 1.28. The summed E-state index contributed by atoms with van der Waals surface area (Å²) >= 11 is 12.4. The van der Waals surface area contributed by atoms with Gasteiger partial charge >= 0.3 is 0 Å². The first-order chi connectivity index (χ1) is 18.8. The number of aliphatic hydroxyl groups is 1. The number of halogens is 2. The first kappa shape index (κ1) is 30.6. The molecule has 0 radical (unpaired) electrons. The van der Waals surface area contributed by atoms with Crippen LogP contribution in [0.25, 0.3) is 0 Å². The molecule has 0 saturated carbocycles. The minimum absolute atomic E-state index is 0.0851. The number of nitrogens with one attached hydrogen (secondary N) is 2. The molecule has 0 aliphatic rings. The van der Waals surface area contributed by atoms with Crippen LogP contribution in [0.5, 0.6) is 0 Å². The van der Waals surface area contributed by atoms with Crippen LogP contribution >= 0.6 is 23.2 Å². The van der Waals surface area contributed by atoms with Crippen molar-refractivity contribution in [3.8, 4) is 0 Å². The Labute approximate surface area is 241 Å². The highest BCUT2D eigenvalue weighted by Gasteiger charge is 2.23. The maximum absolute atomic E-state index is 13.3. The third-order valence-electron chi connectivity index (χ3n) is 6.43. The number of hydrogen-bond acceptors (Lipinski definition) is 4. The third-order valence-corrected chi connectivity index (χ3v) is 7.28. The van der Waals surface area contributed by atoms with E-state index in [0.717, 1.165) is 24.0 Å². The molecule has 0 saturated heterocycles. The van der Waals surface area contributed by atoms with Gasteiger partial charge in [-0.25, -0.2) is 0 Å². The van der Waals surface area contributed by atoms with Gasteiger partial charge in [-0.05, 0) is 54.7 Å². The number of benzene rings is 3. The lowest BCUT2D eigenvalue weighted by molar-refractivity contribution is 0.0755. The molecule has 0 aliphatic carbocycles. The van der Waals surface area contributed by atoms with Crippen LogP contribution in [0.15, 0.2) is 72.8 Å². The van der Waals surface area contributed by atoms with Crippen molar-refractivity contribution >= 4 is 35.0 Å². The predicted octanol–water partition coefficient (Wildman–Crippen LogP) is 5.75. The van der Waals surface area contributed by atoms with Crippen molar-refractivity contribution < 1.29 is 14.7 Å². The molecule has 2 amide bonds. The van der Waals surface area contributed by atoms with Crippen LogP contribution < -0.4 is 10.6 Å². The molecule has 8 heteroatoms. The fraction of sp³-hybridized carbons (Fsp3) is 0.355. The topological polar surface area (TPSA) is 81.7 Å². The second kappa shape index (κ2) is 15.6. The van der Waals surface area contributed by atoms with Crippen molar-refractivity contribution in [1.82, 2.24) is 15.5 Å². The normalized spacial score (nSPS) is 12.5. The highest BCUT2D eigenvalue weighted by atomic mass is 35.5. The highest BCUT2D eigenvalue weighted by molar-refractivity contribution is 6.42. The van der Waals surface area contributed by atoms with Crippen LogP contribution in [0.2, 0.25) is 10.0 Å². The molecule has 3 aromatic carbocycles. The Kier molecular flexibility index (Phi) is 12.3. The quantitative estimate of drug-likeness (QED) is 0.231. The maximum Gasteiger partial charge on any atom is 0.253 e. The zero-order valence-electron chi connectivity index (χ0n) is 22.5. The molecule has 0 heterocycles. The van der Waals surface area contributed by atoms with E-state index >= 15 is 0 Å². The van der Waals surface area contributed by atoms with Gasteiger partial charge in [-0.15, -0.1) is 0 Å². The Morgan fingerprint density at radius 1 is 0.897 bits per heavy atom. The number of hydrogen-bond donors (Lipinski definition) is 3. The summed E-state index contributed by atoms with van der Waals surface area (Å²) in [4.78, 5) is 28.2. The van der Waals surface area contributed by atoms with E-state index < -0.39 is 12.1 Å². The summed E-state index contributed by atoms with van der Waals surface area (Å²) in [5.74, 6) is -0.432. The summed E-state index contributed by atoms with van der Waals surface area (Å²) in [5, 5.41) is 18.3. The van der Waals surface area contributed by atoms with Gasteiger partial charge in [0, 0.05) is 37.3 Å². The minimum atomic E-state index is -0.887. The molecule has 2 atom stereocenters. The van der Waals surface area contributed by atoms with E-state index in [1.54, 1.807) is 30.3 Å². The molecule has 0 fully saturated rings. The SMILES string of the molecule is CCCN(CCC)C(=O)c1cccc(C(=O)N[C@@H](Cc2ccccc2)[C@H](O)CNCc2cccc(Cl)c2Cl)c1. The fourth-order valence-corrected chi connectivity index (χ4v) is 4.80. The molecule has 0 spiro atoms. The van der Waals surface area contributed by atoms with E-state index in [1.807, 2.05) is 61.2 Å². The van der Waals surface area contributed by atoms with Crippen molar-refractivity contribution in [1.29, 1.82) is 0 Å². The van der Waals surface area contributed by atoms with E-state index in [2.05, 4.69) is 10.6 Å². The molecule has 3 rings (SSSR count). The average molecular weight is 571 g/mol. The zero-order chi connectivity index (χ0) is 28.2. The second-order valence-corrected chi connectivity index (χ2v) is 10.3. The summed E-state index contributed by atoms with van der Waals surface area (Å²) in [6.45, 7) is 6.05. The summed E-state index contributed by atoms with van der Waals surface area (Å²) in [5.41, 5.74) is 2.66. The lowest BCUT2D eigenvalue weighted by atomic mass is 10.00. The molecule has 0 aromatic heterocycles. The number of carbonyl (C=O) groups excluding carboxylic acids is 2. The lowest BCUT2D eigenvalue weighted by Gasteiger charge is -2.25. The Balaban J connectivity index is 1.72. The Morgan fingerprint density at radius 3 is 2.26 bits per heavy atom. The molecule has 0 aliphatic heterocycles. The monoisotopic (exact) mass is 569 g/mol. The van der Waals surface area contributed by atoms with E-state index in [9.17, 15) is 14.7 Å². The zero-order valence-corrected chi connectivity index (χ0v) is 24.0. The van der Waals surface area contributed by atoms with Gasteiger partial charge in [0.1, 0.15) is 0 Å². The van der Waals surface area contributed by atoms with Gasteiger partial charge in [-0.2, -0.15) is 0 Å². The van der Waals surface area contributed by atoms with Gasteiger partial charge in [-0.3, -0.25) is 9.59 Å². The lowest BCUT2D eigenvalue weighted by Crippen LogP contribution is -2.48. The molecule has 3 aromatic rings. The number of rotatable bonds is 14. The van der Waals surface area contributed by atoms with Crippen molar-refractivity contribution in [2.45, 2.75) is 51.8 Å². The smallest absolute Gasteiger partial charge is 0.253 e. The van der Waals surface area contributed by atoms with Crippen LogP contribution in [0.3, 0.4) is 0 Å². The van der Waals surface area contributed by atoms with Crippen molar-refractivity contribution in [2.75, 3.05) is 19.6 Å². The summed E-state index contributed by atoms with van der Waals surface area (Å²) < 4.78 is 0. The largest absolute Gasteiger partial charge is 0.390 e. The standard InChI is InChI=1S/C31H37Cl2N3O3/c1-3-16-36(17-4-2)31(39)24-13-8-12-23(19-24)30(38)35-27(18-22-10-6-5-7-11-22)28(37)21-34-20-25-14-9-15-26(32)29(25)33/h5-15,19,27-28,34,37H,3-4,16-18,20-21H2,1-2H3,(H,35,38)/t27-,28+/m0/s1. The number of aliphatic hydroxyl groups excluding tert-OH is 1. The van der Waals surface area contributed by atoms with Crippen LogP contribution in [0.1, 0.15) is 58.5 Å². The van der Waals surface area contributed by atoms with Crippen LogP contribution in [0.4, 0.5) is 0 Å². The van der Waals surface area contributed by atoms with E-state index in [4.69, 9.17) is 23.2 Å². The summed E-state index contributed by atoms with van der Waals surface area (Å²) in [7, 11) is 0. The summed E-state index contributed by atoms with van der Waals surface area (Å²) in [6, 6.07) is 21.3. The average Bonchev–Trinajstić information content (AvgIpc) is 2.95. The van der Waals surface area contributed by atoms with Gasteiger partial charge < -0.3 is 20.6 Å². The first-order valence-corrected chi connectivity index (χ1v) is 14.1. The molecular formula is C31H37Cl2N3O3. The van der Waals surface area contributed by atoms with E-state index in [-0.39, 0.29) is 18.4 Å². The molecule has 208 valence electrons. The fourth-order valence-electron chi connectivity index (χ4n) is 4.42. The van der Waals surface area contributed by atoms with Gasteiger partial charge in [0.2, 0.25) is 0 Å². The third kappa shape index (κ3) is 9.07. The molecule has 0 bridgehead atoms. The Morgan fingerprint density at radius 2 is 1.56 bits per heavy atom. The van der Waals surface area contributed by atoms with Crippen LogP contribution in [0, 0.1) is 0 Å². The Hall–Kier alpha value is -2.90. The predicted molar refractivity (Wildman–Crippen MR) is 159 cm³/mol. The van der Waals surface area contributed by atoms with Crippen molar-refractivity contribution in [2.24, 2.45) is 0 Å². The number of amides is 2. The minimum Gasteiger partial charge on any atom is -0.390 e. The maximum atomic E-state index is 13.3. The van der Waals surface area contributed by atoms with Gasteiger partial charge in [-0.1, -0.05) is 85.6 Å².